The van der Waals surface area contributed by atoms with Crippen LogP contribution in [0.15, 0.2) is 24.0 Å². The number of hydrogen-bond donors (Lipinski definition) is 0. The van der Waals surface area contributed by atoms with E-state index in [4.69, 9.17) is 14.2 Å². The van der Waals surface area contributed by atoms with E-state index in [1.165, 1.54) is 31.5 Å². The van der Waals surface area contributed by atoms with Crippen LogP contribution in [0, 0.1) is 11.3 Å². The van der Waals surface area contributed by atoms with Crippen LogP contribution in [0.3, 0.4) is 0 Å². The summed E-state index contributed by atoms with van der Waals surface area (Å²) in [7, 11) is 2.56. The van der Waals surface area contributed by atoms with Crippen molar-refractivity contribution >= 4 is 18.0 Å². The molecule has 1 atom stereocenters. The predicted octanol–water partition coefficient (Wildman–Crippen LogP) is 1.88. The molecular weight excluding hydrogens is 340 g/mol. The third kappa shape index (κ3) is 3.46. The van der Waals surface area contributed by atoms with Crippen molar-refractivity contribution in [1.29, 1.82) is 0 Å². The molecule has 2 heterocycles. The van der Waals surface area contributed by atoms with Crippen LogP contribution in [0.2, 0.25) is 0 Å². The lowest BCUT2D eigenvalue weighted by Crippen LogP contribution is -2.48. The summed E-state index contributed by atoms with van der Waals surface area (Å²) >= 11 is 0. The van der Waals surface area contributed by atoms with Gasteiger partial charge in [0, 0.05) is 30.4 Å². The summed E-state index contributed by atoms with van der Waals surface area (Å²) in [6.07, 6.45) is 3.92. The second-order valence-corrected chi connectivity index (χ2v) is 7.25. The molecule has 2 rings (SSSR count). The average molecular weight is 366 g/mol. The zero-order chi connectivity index (χ0) is 19.7. The van der Waals surface area contributed by atoms with E-state index < -0.39 is 29.1 Å². The Labute approximate surface area is 153 Å². The zero-order valence-corrected chi connectivity index (χ0v) is 16.1. The molecule has 26 heavy (non-hydrogen) atoms. The Kier molecular flexibility index (Phi) is 5.46. The Morgan fingerprint density at radius 2 is 1.88 bits per heavy atom. The van der Waals surface area contributed by atoms with Crippen molar-refractivity contribution in [2.45, 2.75) is 33.4 Å². The lowest BCUT2D eigenvalue weighted by Gasteiger charge is -2.37. The van der Waals surface area contributed by atoms with Gasteiger partial charge in [-0.15, -0.1) is 0 Å². The average Bonchev–Trinajstić information content (AvgIpc) is 2.97. The number of hydrogen-bond acceptors (Lipinski definition) is 6. The van der Waals surface area contributed by atoms with E-state index in [-0.39, 0.29) is 5.91 Å². The molecular formula is C18H26N2O6. The minimum Gasteiger partial charge on any atom is -0.469 e. The maximum Gasteiger partial charge on any atom is 0.417 e. The van der Waals surface area contributed by atoms with E-state index in [1.807, 2.05) is 0 Å². The topological polar surface area (TPSA) is 85.4 Å². The lowest BCUT2D eigenvalue weighted by atomic mass is 9.73. The number of allylic oxidation sites excluding steroid dienone is 1. The minimum atomic E-state index is -1.00. The van der Waals surface area contributed by atoms with Crippen LogP contribution >= 0.6 is 0 Å². The van der Waals surface area contributed by atoms with Gasteiger partial charge in [-0.2, -0.15) is 0 Å². The molecule has 0 spiro atoms. The van der Waals surface area contributed by atoms with Crippen molar-refractivity contribution in [1.82, 2.24) is 9.80 Å². The summed E-state index contributed by atoms with van der Waals surface area (Å²) in [5, 5.41) is 0. The Morgan fingerprint density at radius 3 is 2.38 bits per heavy atom. The third-order valence-electron chi connectivity index (χ3n) is 4.84. The van der Waals surface area contributed by atoms with Crippen molar-refractivity contribution < 1.29 is 28.6 Å². The van der Waals surface area contributed by atoms with E-state index in [2.05, 4.69) is 0 Å². The largest absolute Gasteiger partial charge is 0.469 e. The molecule has 8 heteroatoms. The highest BCUT2D eigenvalue weighted by atomic mass is 16.5. The molecule has 0 unspecified atom stereocenters. The first kappa shape index (κ1) is 20.0. The number of nitrogens with zero attached hydrogens (tertiary/aromatic N) is 2. The molecule has 0 saturated carbocycles. The second kappa shape index (κ2) is 7.11. The Hall–Kier alpha value is -2.35. The summed E-state index contributed by atoms with van der Waals surface area (Å²) in [4.78, 5) is 40.2. The van der Waals surface area contributed by atoms with Crippen LogP contribution in [0.25, 0.3) is 0 Å². The van der Waals surface area contributed by atoms with E-state index >= 15 is 0 Å². The molecule has 2 aliphatic rings. The molecule has 0 radical (unpaired) electrons. The molecule has 0 aromatic carbocycles. The van der Waals surface area contributed by atoms with Crippen LogP contribution in [0.4, 0.5) is 4.79 Å². The monoisotopic (exact) mass is 366 g/mol. The van der Waals surface area contributed by atoms with Crippen molar-refractivity contribution in [3.05, 3.63) is 24.0 Å². The van der Waals surface area contributed by atoms with Gasteiger partial charge < -0.3 is 19.1 Å². The highest BCUT2D eigenvalue weighted by molar-refractivity contribution is 5.97. The standard InChI is InChI=1S/C18H26N2O6/c1-17(2,15(22)24-5)13-7-8-19(16(23)25-6)11-12(13)14(21)20-9-10-26-18(20,3)4/h7-8,11,13H,9-10H2,1-6H3/t13-/m1/s1. The third-order valence-corrected chi connectivity index (χ3v) is 4.84. The van der Waals surface area contributed by atoms with Gasteiger partial charge in [0.15, 0.2) is 0 Å². The van der Waals surface area contributed by atoms with Crippen molar-refractivity contribution in [2.24, 2.45) is 11.3 Å². The van der Waals surface area contributed by atoms with Crippen LogP contribution in [0.5, 0.6) is 0 Å². The van der Waals surface area contributed by atoms with Gasteiger partial charge in [0.2, 0.25) is 0 Å². The van der Waals surface area contributed by atoms with Crippen LogP contribution in [-0.4, -0.2) is 60.9 Å². The van der Waals surface area contributed by atoms with E-state index in [0.29, 0.717) is 18.7 Å². The van der Waals surface area contributed by atoms with E-state index in [9.17, 15) is 14.4 Å². The van der Waals surface area contributed by atoms with Gasteiger partial charge in [0.05, 0.1) is 26.2 Å². The SMILES string of the molecule is COC(=O)N1C=C[C@@H](C(C)(C)C(=O)OC)C(C(=O)N2CCOC2(C)C)=C1. The van der Waals surface area contributed by atoms with Gasteiger partial charge in [-0.05, 0) is 27.7 Å². The van der Waals surface area contributed by atoms with Crippen molar-refractivity contribution in [2.75, 3.05) is 27.4 Å². The smallest absolute Gasteiger partial charge is 0.417 e. The first-order chi connectivity index (χ1) is 12.1. The Morgan fingerprint density at radius 1 is 1.23 bits per heavy atom. The second-order valence-electron chi connectivity index (χ2n) is 7.25. The van der Waals surface area contributed by atoms with Gasteiger partial charge in [0.25, 0.3) is 5.91 Å². The molecule has 0 aromatic heterocycles. The fourth-order valence-electron chi connectivity index (χ4n) is 3.22. The van der Waals surface area contributed by atoms with Gasteiger partial charge in [-0.25, -0.2) is 4.79 Å². The molecule has 0 bridgehead atoms. The molecule has 8 nitrogen and oxygen atoms in total. The summed E-state index contributed by atoms with van der Waals surface area (Å²) in [5.41, 5.74) is -1.47. The molecule has 144 valence electrons. The van der Waals surface area contributed by atoms with Crippen LogP contribution in [0.1, 0.15) is 27.7 Å². The zero-order valence-electron chi connectivity index (χ0n) is 16.1. The van der Waals surface area contributed by atoms with Crippen LogP contribution in [-0.2, 0) is 23.8 Å². The highest BCUT2D eigenvalue weighted by Gasteiger charge is 2.46. The first-order valence-electron chi connectivity index (χ1n) is 8.37. The molecule has 2 aliphatic heterocycles. The molecule has 2 amide bonds. The fourth-order valence-corrected chi connectivity index (χ4v) is 3.22. The molecule has 0 aromatic rings. The summed E-state index contributed by atoms with van der Waals surface area (Å²) < 4.78 is 15.2. The first-order valence-corrected chi connectivity index (χ1v) is 8.37. The Bertz CT molecular complexity index is 665. The number of rotatable bonds is 3. The van der Waals surface area contributed by atoms with Crippen molar-refractivity contribution in [3.63, 3.8) is 0 Å². The molecule has 0 aliphatic carbocycles. The van der Waals surface area contributed by atoms with Crippen molar-refractivity contribution in [3.8, 4) is 0 Å². The summed E-state index contributed by atoms with van der Waals surface area (Å²) in [6.45, 7) is 7.86. The quantitative estimate of drug-likeness (QED) is 0.709. The van der Waals surface area contributed by atoms with Gasteiger partial charge in [0.1, 0.15) is 5.72 Å². The number of carbonyl (C=O) groups is 3. The maximum absolute atomic E-state index is 13.3. The summed E-state index contributed by atoms with van der Waals surface area (Å²) in [5.74, 6) is -1.32. The number of ether oxygens (including phenoxy) is 3. The molecule has 1 saturated heterocycles. The molecule has 0 N–H and O–H groups in total. The van der Waals surface area contributed by atoms with Gasteiger partial charge in [-0.3, -0.25) is 14.5 Å². The fraction of sp³-hybridized carbons (Fsp3) is 0.611. The number of methoxy groups -OCH3 is 2. The van der Waals surface area contributed by atoms with E-state index in [0.717, 1.165) is 0 Å². The lowest BCUT2D eigenvalue weighted by molar-refractivity contribution is -0.152. The van der Waals surface area contributed by atoms with Gasteiger partial charge in [-0.1, -0.05) is 6.08 Å². The minimum absolute atomic E-state index is 0.298. The molecule has 1 fully saturated rings. The predicted molar refractivity (Wildman–Crippen MR) is 92.5 cm³/mol. The highest BCUT2D eigenvalue weighted by Crippen LogP contribution is 2.39. The Balaban J connectivity index is 2.45. The normalized spacial score (nSPS) is 22.1. The van der Waals surface area contributed by atoms with Gasteiger partial charge >= 0.3 is 12.1 Å². The summed E-state index contributed by atoms with van der Waals surface area (Å²) in [6, 6.07) is 0. The maximum atomic E-state index is 13.3. The number of amides is 2. The number of carbonyl (C=O) groups excluding carboxylic acids is 3. The van der Waals surface area contributed by atoms with E-state index in [1.54, 1.807) is 38.7 Å². The number of esters is 1. The van der Waals surface area contributed by atoms with Crippen LogP contribution < -0.4 is 0 Å².